The first kappa shape index (κ1) is 10.0. The molecule has 2 heterocycles. The summed E-state index contributed by atoms with van der Waals surface area (Å²) in [5, 5.41) is 12.0. The minimum absolute atomic E-state index is 0.649. The van der Waals surface area contributed by atoms with Gasteiger partial charge in [0.25, 0.3) is 0 Å². The molecular weight excluding hydrogens is 200 g/mol. The van der Waals surface area contributed by atoms with Gasteiger partial charge in [-0.1, -0.05) is 0 Å². The summed E-state index contributed by atoms with van der Waals surface area (Å²) in [6.07, 6.45) is 3.95. The van der Waals surface area contributed by atoms with Gasteiger partial charge in [0, 0.05) is 25.2 Å². The fourth-order valence-electron chi connectivity index (χ4n) is 2.25. The summed E-state index contributed by atoms with van der Waals surface area (Å²) in [5.41, 5.74) is 0.982. The van der Waals surface area contributed by atoms with Crippen molar-refractivity contribution in [1.29, 1.82) is 0 Å². The van der Waals surface area contributed by atoms with Crippen LogP contribution in [0.4, 0.5) is 5.82 Å². The van der Waals surface area contributed by atoms with E-state index in [0.717, 1.165) is 30.6 Å². The van der Waals surface area contributed by atoms with Gasteiger partial charge in [-0.15, -0.1) is 5.10 Å². The number of aryl methyl sites for hydroxylation is 1. The van der Waals surface area contributed by atoms with E-state index < -0.39 is 0 Å². The Morgan fingerprint density at radius 2 is 2.06 bits per heavy atom. The van der Waals surface area contributed by atoms with E-state index in [4.69, 9.17) is 0 Å². The molecule has 1 N–H and O–H groups in total. The summed E-state index contributed by atoms with van der Waals surface area (Å²) in [4.78, 5) is 2.33. The predicted octanol–water partition coefficient (Wildman–Crippen LogP) is 1.12. The second-order valence-electron chi connectivity index (χ2n) is 4.91. The number of hydrogen-bond acceptors (Lipinski definition) is 4. The highest BCUT2D eigenvalue weighted by Gasteiger charge is 2.29. The monoisotopic (exact) mass is 218 g/mol. The molecule has 1 saturated carbocycles. The van der Waals surface area contributed by atoms with Crippen LogP contribution in [0.2, 0.25) is 0 Å². The van der Waals surface area contributed by atoms with Gasteiger partial charge in [-0.3, -0.25) is 0 Å². The molecule has 1 saturated heterocycles. The minimum atomic E-state index is 0.649. The van der Waals surface area contributed by atoms with Crippen LogP contribution >= 0.6 is 0 Å². The second-order valence-corrected chi connectivity index (χ2v) is 4.91. The third-order valence-corrected chi connectivity index (χ3v) is 3.34. The summed E-state index contributed by atoms with van der Waals surface area (Å²) in [7, 11) is 0. The topological polar surface area (TPSA) is 41.0 Å². The van der Waals surface area contributed by atoms with Gasteiger partial charge in [0.05, 0.1) is 5.69 Å². The molecule has 1 aliphatic heterocycles. The zero-order chi connectivity index (χ0) is 11.0. The van der Waals surface area contributed by atoms with Gasteiger partial charge in [0.15, 0.2) is 5.82 Å². The van der Waals surface area contributed by atoms with E-state index in [9.17, 15) is 0 Å². The average molecular weight is 218 g/mol. The lowest BCUT2D eigenvalue weighted by atomic mass is 10.2. The summed E-state index contributed by atoms with van der Waals surface area (Å²) >= 11 is 0. The van der Waals surface area contributed by atoms with Crippen LogP contribution in [0.1, 0.15) is 25.0 Å². The molecule has 86 valence electrons. The Hall–Kier alpha value is -1.16. The molecule has 1 aromatic rings. The third-order valence-electron chi connectivity index (χ3n) is 3.34. The van der Waals surface area contributed by atoms with Gasteiger partial charge in [-0.25, -0.2) is 0 Å². The van der Waals surface area contributed by atoms with Crippen molar-refractivity contribution in [2.75, 3.05) is 18.0 Å². The van der Waals surface area contributed by atoms with Crippen molar-refractivity contribution in [3.05, 3.63) is 17.8 Å². The zero-order valence-electron chi connectivity index (χ0n) is 9.69. The molecule has 2 aliphatic rings. The largest absolute Gasteiger partial charge is 0.354 e. The van der Waals surface area contributed by atoms with Crippen LogP contribution in [0.25, 0.3) is 0 Å². The van der Waals surface area contributed by atoms with E-state index in [1.807, 2.05) is 13.0 Å². The predicted molar refractivity (Wildman–Crippen MR) is 63.5 cm³/mol. The quantitative estimate of drug-likeness (QED) is 0.825. The van der Waals surface area contributed by atoms with E-state index in [-0.39, 0.29) is 0 Å². The number of nitrogens with one attached hydrogen (secondary N) is 1. The lowest BCUT2D eigenvalue weighted by Crippen LogP contribution is -2.34. The SMILES string of the molecule is Cc1ccc(N2CCC(NC3CC3)C2)nn1. The Kier molecular flexibility index (Phi) is 2.52. The molecule has 2 fully saturated rings. The molecule has 4 nitrogen and oxygen atoms in total. The molecule has 1 atom stereocenters. The zero-order valence-corrected chi connectivity index (χ0v) is 9.69. The van der Waals surface area contributed by atoms with Crippen LogP contribution in [0.15, 0.2) is 12.1 Å². The first-order valence-corrected chi connectivity index (χ1v) is 6.12. The Morgan fingerprint density at radius 1 is 1.19 bits per heavy atom. The van der Waals surface area contributed by atoms with Crippen LogP contribution in [0, 0.1) is 6.92 Å². The van der Waals surface area contributed by atoms with Crippen LogP contribution in [-0.2, 0) is 0 Å². The van der Waals surface area contributed by atoms with Crippen LogP contribution in [0.5, 0.6) is 0 Å². The maximum Gasteiger partial charge on any atom is 0.151 e. The van der Waals surface area contributed by atoms with Gasteiger partial charge in [0.1, 0.15) is 0 Å². The lowest BCUT2D eigenvalue weighted by Gasteiger charge is -2.17. The minimum Gasteiger partial charge on any atom is -0.354 e. The van der Waals surface area contributed by atoms with Gasteiger partial charge < -0.3 is 10.2 Å². The molecule has 0 bridgehead atoms. The maximum atomic E-state index is 4.24. The number of nitrogens with zero attached hydrogens (tertiary/aromatic N) is 3. The summed E-state index contributed by atoms with van der Waals surface area (Å²) in [6.45, 7) is 4.15. The molecule has 16 heavy (non-hydrogen) atoms. The molecular formula is C12H18N4. The Labute approximate surface area is 96.1 Å². The highest BCUT2D eigenvalue weighted by Crippen LogP contribution is 2.23. The van der Waals surface area contributed by atoms with Crippen molar-refractivity contribution >= 4 is 5.82 Å². The van der Waals surface area contributed by atoms with Gasteiger partial charge in [0.2, 0.25) is 0 Å². The number of rotatable bonds is 3. The smallest absolute Gasteiger partial charge is 0.151 e. The van der Waals surface area contributed by atoms with E-state index in [1.165, 1.54) is 19.3 Å². The molecule has 0 spiro atoms. The van der Waals surface area contributed by atoms with Gasteiger partial charge in [-0.2, -0.15) is 5.10 Å². The Balaban J connectivity index is 1.61. The molecule has 4 heteroatoms. The van der Waals surface area contributed by atoms with Crippen molar-refractivity contribution in [3.63, 3.8) is 0 Å². The molecule has 0 aromatic carbocycles. The number of aromatic nitrogens is 2. The van der Waals surface area contributed by atoms with Crippen molar-refractivity contribution in [1.82, 2.24) is 15.5 Å². The number of hydrogen-bond donors (Lipinski definition) is 1. The molecule has 1 aliphatic carbocycles. The summed E-state index contributed by atoms with van der Waals surface area (Å²) in [6, 6.07) is 5.55. The van der Waals surface area contributed by atoms with Gasteiger partial charge >= 0.3 is 0 Å². The average Bonchev–Trinajstić information content (AvgIpc) is 2.97. The first-order valence-electron chi connectivity index (χ1n) is 6.12. The molecule has 1 aromatic heterocycles. The molecule has 3 rings (SSSR count). The van der Waals surface area contributed by atoms with E-state index in [2.05, 4.69) is 26.5 Å². The van der Waals surface area contributed by atoms with Crippen molar-refractivity contribution in [2.45, 2.75) is 38.3 Å². The van der Waals surface area contributed by atoms with E-state index in [1.54, 1.807) is 0 Å². The number of anilines is 1. The van der Waals surface area contributed by atoms with E-state index >= 15 is 0 Å². The van der Waals surface area contributed by atoms with Gasteiger partial charge in [-0.05, 0) is 38.3 Å². The van der Waals surface area contributed by atoms with Crippen molar-refractivity contribution < 1.29 is 0 Å². The highest BCUT2D eigenvalue weighted by molar-refractivity contribution is 5.39. The van der Waals surface area contributed by atoms with E-state index in [0.29, 0.717) is 6.04 Å². The summed E-state index contributed by atoms with van der Waals surface area (Å²) < 4.78 is 0. The lowest BCUT2D eigenvalue weighted by molar-refractivity contribution is 0.548. The second kappa shape index (κ2) is 4.01. The molecule has 0 radical (unpaired) electrons. The third kappa shape index (κ3) is 2.16. The fourth-order valence-corrected chi connectivity index (χ4v) is 2.25. The van der Waals surface area contributed by atoms with Crippen molar-refractivity contribution in [2.24, 2.45) is 0 Å². The highest BCUT2D eigenvalue weighted by atomic mass is 15.3. The van der Waals surface area contributed by atoms with Crippen molar-refractivity contribution in [3.8, 4) is 0 Å². The fraction of sp³-hybridized carbons (Fsp3) is 0.667. The Morgan fingerprint density at radius 3 is 2.75 bits per heavy atom. The Bertz CT molecular complexity index is 358. The molecule has 0 amide bonds. The standard InChI is InChI=1S/C12H18N4/c1-9-2-5-12(15-14-9)16-7-6-11(8-16)13-10-3-4-10/h2,5,10-11,13H,3-4,6-8H2,1H3. The maximum absolute atomic E-state index is 4.24. The summed E-state index contributed by atoms with van der Waals surface area (Å²) in [5.74, 6) is 1.02. The van der Waals surface area contributed by atoms with Crippen LogP contribution in [0.3, 0.4) is 0 Å². The molecule has 1 unspecified atom stereocenters. The van der Waals surface area contributed by atoms with Crippen LogP contribution < -0.4 is 10.2 Å². The van der Waals surface area contributed by atoms with Crippen LogP contribution in [-0.4, -0.2) is 35.4 Å². The normalized spacial score (nSPS) is 25.1. The first-order chi connectivity index (χ1) is 7.81.